The molecule has 0 rings (SSSR count). The van der Waals surface area contributed by atoms with Crippen molar-refractivity contribution in [3.63, 3.8) is 0 Å². The molecule has 0 aliphatic heterocycles. The van der Waals surface area contributed by atoms with E-state index in [1.54, 1.807) is 6.08 Å². The average Bonchev–Trinajstić information content (AvgIpc) is 1.97. The molecular formula is C12H20O4. The normalized spacial score (nSPS) is 14.6. The topological polar surface area (TPSA) is 74.6 Å². The minimum absolute atomic E-state index is 0.0763. The monoisotopic (exact) mass is 228 g/mol. The second-order valence-corrected chi connectivity index (χ2v) is 5.29. The van der Waals surface area contributed by atoms with Crippen LogP contribution in [0.4, 0.5) is 0 Å². The van der Waals surface area contributed by atoms with Gasteiger partial charge in [0, 0.05) is 0 Å². The second kappa shape index (κ2) is 5.68. The summed E-state index contributed by atoms with van der Waals surface area (Å²) in [6.07, 6.45) is 1.94. The van der Waals surface area contributed by atoms with Crippen molar-refractivity contribution in [3.8, 4) is 0 Å². The van der Waals surface area contributed by atoms with Crippen LogP contribution in [0.15, 0.2) is 11.6 Å². The average molecular weight is 228 g/mol. The fourth-order valence-corrected chi connectivity index (χ4v) is 1.64. The molecule has 0 aromatic carbocycles. The molecule has 0 saturated heterocycles. The lowest BCUT2D eigenvalue weighted by Gasteiger charge is -2.19. The third kappa shape index (κ3) is 7.04. The summed E-state index contributed by atoms with van der Waals surface area (Å²) in [5.74, 6) is -3.11. The maximum atomic E-state index is 10.8. The Labute approximate surface area is 96.0 Å². The van der Waals surface area contributed by atoms with Gasteiger partial charge in [0.1, 0.15) is 0 Å². The molecule has 0 aromatic rings. The van der Waals surface area contributed by atoms with Gasteiger partial charge in [0.25, 0.3) is 0 Å². The van der Waals surface area contributed by atoms with E-state index < -0.39 is 17.9 Å². The summed E-state index contributed by atoms with van der Waals surface area (Å²) in [6.45, 7) is 8.00. The summed E-state index contributed by atoms with van der Waals surface area (Å²) in [7, 11) is 0. The zero-order chi connectivity index (χ0) is 12.9. The lowest BCUT2D eigenvalue weighted by Crippen LogP contribution is -2.16. The number of hydrogen-bond donors (Lipinski definition) is 2. The summed E-state index contributed by atoms with van der Waals surface area (Å²) in [5, 5.41) is 17.4. The molecule has 0 saturated carbocycles. The van der Waals surface area contributed by atoms with Crippen LogP contribution in [0, 0.1) is 11.3 Å². The molecule has 0 bridgehead atoms. The van der Waals surface area contributed by atoms with E-state index in [1.807, 2.05) is 6.92 Å². The Kier molecular flexibility index (Phi) is 5.21. The van der Waals surface area contributed by atoms with Gasteiger partial charge in [-0.3, -0.25) is 9.59 Å². The number of aliphatic carboxylic acids is 2. The summed E-state index contributed by atoms with van der Waals surface area (Å²) in [5.41, 5.74) is 0.994. The molecule has 0 radical (unpaired) electrons. The highest BCUT2D eigenvalue weighted by molar-refractivity contribution is 5.79. The molecule has 4 heteroatoms. The van der Waals surface area contributed by atoms with Gasteiger partial charge in [0.2, 0.25) is 0 Å². The van der Waals surface area contributed by atoms with Gasteiger partial charge in [0.05, 0.1) is 12.3 Å². The maximum Gasteiger partial charge on any atom is 0.310 e. The summed E-state index contributed by atoms with van der Waals surface area (Å²) in [6, 6.07) is 0. The van der Waals surface area contributed by atoms with Crippen molar-refractivity contribution in [2.24, 2.45) is 11.3 Å². The van der Waals surface area contributed by atoms with E-state index in [0.717, 1.165) is 12.0 Å². The Morgan fingerprint density at radius 1 is 1.25 bits per heavy atom. The third-order valence-corrected chi connectivity index (χ3v) is 2.01. The Morgan fingerprint density at radius 2 is 1.75 bits per heavy atom. The molecule has 2 N–H and O–H groups in total. The zero-order valence-corrected chi connectivity index (χ0v) is 10.3. The van der Waals surface area contributed by atoms with Crippen molar-refractivity contribution < 1.29 is 19.8 Å². The second-order valence-electron chi connectivity index (χ2n) is 5.29. The SMILES string of the molecule is CC(=CC(CC(=O)O)C(=O)O)CC(C)(C)C. The van der Waals surface area contributed by atoms with Gasteiger partial charge in [-0.2, -0.15) is 0 Å². The predicted molar refractivity (Wildman–Crippen MR) is 61.2 cm³/mol. The van der Waals surface area contributed by atoms with Gasteiger partial charge in [0.15, 0.2) is 0 Å². The predicted octanol–water partition coefficient (Wildman–Crippen LogP) is 2.54. The Hall–Kier alpha value is -1.32. The molecule has 1 atom stereocenters. The highest BCUT2D eigenvalue weighted by Crippen LogP contribution is 2.25. The molecule has 0 aliphatic rings. The van der Waals surface area contributed by atoms with Crippen LogP contribution in [0.5, 0.6) is 0 Å². The minimum Gasteiger partial charge on any atom is -0.481 e. The van der Waals surface area contributed by atoms with E-state index in [0.29, 0.717) is 0 Å². The van der Waals surface area contributed by atoms with Crippen molar-refractivity contribution in [2.45, 2.75) is 40.5 Å². The number of rotatable bonds is 5. The minimum atomic E-state index is -1.09. The summed E-state index contributed by atoms with van der Waals surface area (Å²) < 4.78 is 0. The van der Waals surface area contributed by atoms with E-state index in [-0.39, 0.29) is 11.8 Å². The molecule has 4 nitrogen and oxygen atoms in total. The molecular weight excluding hydrogens is 208 g/mol. The first-order valence-corrected chi connectivity index (χ1v) is 5.24. The molecule has 0 aromatic heterocycles. The number of allylic oxidation sites excluding steroid dienone is 1. The van der Waals surface area contributed by atoms with Gasteiger partial charge in [-0.05, 0) is 18.8 Å². The molecule has 1 unspecified atom stereocenters. The quantitative estimate of drug-likeness (QED) is 0.709. The number of carboxylic acid groups (broad SMARTS) is 2. The van der Waals surface area contributed by atoms with Gasteiger partial charge in [-0.15, -0.1) is 0 Å². The van der Waals surface area contributed by atoms with Crippen molar-refractivity contribution in [3.05, 3.63) is 11.6 Å². The van der Waals surface area contributed by atoms with Crippen LogP contribution in [0.2, 0.25) is 0 Å². The number of carbonyl (C=O) groups is 2. The van der Waals surface area contributed by atoms with Crippen molar-refractivity contribution in [1.82, 2.24) is 0 Å². The fourth-order valence-electron chi connectivity index (χ4n) is 1.64. The Balaban J connectivity index is 4.65. The summed E-state index contributed by atoms with van der Waals surface area (Å²) >= 11 is 0. The largest absolute Gasteiger partial charge is 0.481 e. The Morgan fingerprint density at radius 3 is 2.06 bits per heavy atom. The fraction of sp³-hybridized carbons (Fsp3) is 0.667. The third-order valence-electron chi connectivity index (χ3n) is 2.01. The van der Waals surface area contributed by atoms with E-state index in [1.165, 1.54) is 0 Å². The van der Waals surface area contributed by atoms with Crippen LogP contribution in [0.3, 0.4) is 0 Å². The van der Waals surface area contributed by atoms with E-state index in [9.17, 15) is 9.59 Å². The van der Waals surface area contributed by atoms with Gasteiger partial charge < -0.3 is 10.2 Å². The van der Waals surface area contributed by atoms with Gasteiger partial charge in [-0.1, -0.05) is 32.4 Å². The lowest BCUT2D eigenvalue weighted by atomic mass is 9.87. The van der Waals surface area contributed by atoms with Crippen LogP contribution in [0.1, 0.15) is 40.5 Å². The molecule has 0 heterocycles. The first-order valence-electron chi connectivity index (χ1n) is 5.24. The highest BCUT2D eigenvalue weighted by atomic mass is 16.4. The van der Waals surface area contributed by atoms with Crippen LogP contribution in [-0.2, 0) is 9.59 Å². The molecule has 0 amide bonds. The summed E-state index contributed by atoms with van der Waals surface area (Å²) in [4.78, 5) is 21.3. The molecule has 0 aliphatic carbocycles. The molecule has 0 spiro atoms. The zero-order valence-electron chi connectivity index (χ0n) is 10.3. The van der Waals surface area contributed by atoms with Crippen molar-refractivity contribution >= 4 is 11.9 Å². The lowest BCUT2D eigenvalue weighted by molar-refractivity contribution is -0.146. The Bertz CT molecular complexity index is 297. The number of carboxylic acids is 2. The highest BCUT2D eigenvalue weighted by Gasteiger charge is 2.19. The first kappa shape index (κ1) is 14.7. The van der Waals surface area contributed by atoms with E-state index in [2.05, 4.69) is 20.8 Å². The maximum absolute atomic E-state index is 10.8. The molecule has 92 valence electrons. The smallest absolute Gasteiger partial charge is 0.310 e. The molecule has 16 heavy (non-hydrogen) atoms. The van der Waals surface area contributed by atoms with Crippen LogP contribution >= 0.6 is 0 Å². The number of hydrogen-bond acceptors (Lipinski definition) is 2. The van der Waals surface area contributed by atoms with Gasteiger partial charge >= 0.3 is 11.9 Å². The van der Waals surface area contributed by atoms with Crippen molar-refractivity contribution in [1.29, 1.82) is 0 Å². The van der Waals surface area contributed by atoms with Crippen LogP contribution in [-0.4, -0.2) is 22.2 Å². The standard InChI is InChI=1S/C12H20O4/c1-8(7-12(2,3)4)5-9(11(15)16)6-10(13)14/h5,9H,6-7H2,1-4H3,(H,13,14)(H,15,16). The molecule has 0 fully saturated rings. The first-order chi connectivity index (χ1) is 7.11. The van der Waals surface area contributed by atoms with Crippen molar-refractivity contribution in [2.75, 3.05) is 0 Å². The van der Waals surface area contributed by atoms with Gasteiger partial charge in [-0.25, -0.2) is 0 Å². The van der Waals surface area contributed by atoms with Crippen LogP contribution in [0.25, 0.3) is 0 Å². The van der Waals surface area contributed by atoms with E-state index in [4.69, 9.17) is 10.2 Å². The van der Waals surface area contributed by atoms with E-state index >= 15 is 0 Å². The van der Waals surface area contributed by atoms with Crippen LogP contribution < -0.4 is 0 Å².